The van der Waals surface area contributed by atoms with E-state index in [1.807, 2.05) is 0 Å². The van der Waals surface area contributed by atoms with Crippen LogP contribution >= 0.6 is 0 Å². The molecule has 1 aromatic carbocycles. The number of alkyl halides is 3. The number of carbonyl (C=O) groups is 1. The molecule has 0 aliphatic carbocycles. The maximum Gasteiger partial charge on any atom is 0.416 e. The lowest BCUT2D eigenvalue weighted by atomic mass is 9.98. The predicted octanol–water partition coefficient (Wildman–Crippen LogP) is 1.68. The number of carboxylic acids is 1. The number of halogens is 3. The molecule has 1 aromatic rings. The number of methoxy groups -OCH3 is 2. The van der Waals surface area contributed by atoms with Gasteiger partial charge >= 0.3 is 12.1 Å². The summed E-state index contributed by atoms with van der Waals surface area (Å²) in [6, 6.07) is 0.444. The molecule has 3 N–H and O–H groups in total. The van der Waals surface area contributed by atoms with Crippen molar-refractivity contribution in [3.63, 3.8) is 0 Å². The molecule has 112 valence electrons. The van der Waals surface area contributed by atoms with Gasteiger partial charge in [0.1, 0.15) is 6.04 Å². The largest absolute Gasteiger partial charge is 0.493 e. The van der Waals surface area contributed by atoms with Gasteiger partial charge in [0.25, 0.3) is 0 Å². The molecule has 5 nitrogen and oxygen atoms in total. The zero-order valence-corrected chi connectivity index (χ0v) is 10.8. The SMILES string of the molecule is COc1ccc(C(F)(F)F)c(CC(N)C(=O)O)c1OC. The lowest BCUT2D eigenvalue weighted by molar-refractivity contribution is -0.141. The minimum Gasteiger partial charge on any atom is -0.493 e. The lowest BCUT2D eigenvalue weighted by Crippen LogP contribution is -2.33. The standard InChI is InChI=1S/C12H14F3NO4/c1-19-9-4-3-7(12(13,14)15)6(10(9)20-2)5-8(16)11(17)18/h3-4,8H,5,16H2,1-2H3,(H,17,18). The Morgan fingerprint density at radius 1 is 1.35 bits per heavy atom. The van der Waals surface area contributed by atoms with E-state index in [1.54, 1.807) is 0 Å². The number of benzene rings is 1. The first-order valence-corrected chi connectivity index (χ1v) is 5.51. The Morgan fingerprint density at radius 2 is 1.95 bits per heavy atom. The molecular weight excluding hydrogens is 279 g/mol. The Kier molecular flexibility index (Phi) is 4.83. The monoisotopic (exact) mass is 293 g/mol. The molecule has 0 heterocycles. The van der Waals surface area contributed by atoms with Crippen molar-refractivity contribution in [3.8, 4) is 11.5 Å². The van der Waals surface area contributed by atoms with Crippen molar-refractivity contribution in [3.05, 3.63) is 23.3 Å². The first-order valence-electron chi connectivity index (χ1n) is 5.51. The van der Waals surface area contributed by atoms with Crippen LogP contribution in [0.5, 0.6) is 11.5 Å². The topological polar surface area (TPSA) is 81.8 Å². The average molecular weight is 293 g/mol. The number of nitrogens with two attached hydrogens (primary N) is 1. The molecule has 0 amide bonds. The zero-order chi connectivity index (χ0) is 15.5. The Hall–Kier alpha value is -1.96. The maximum atomic E-state index is 13.0. The molecule has 0 saturated carbocycles. The van der Waals surface area contributed by atoms with Crippen LogP contribution in [0.25, 0.3) is 0 Å². The van der Waals surface area contributed by atoms with E-state index in [1.165, 1.54) is 14.2 Å². The smallest absolute Gasteiger partial charge is 0.416 e. The first-order chi connectivity index (χ1) is 9.22. The number of aliphatic carboxylic acids is 1. The highest BCUT2D eigenvalue weighted by atomic mass is 19.4. The predicted molar refractivity (Wildman–Crippen MR) is 63.9 cm³/mol. The van der Waals surface area contributed by atoms with Crippen molar-refractivity contribution >= 4 is 5.97 Å². The van der Waals surface area contributed by atoms with Crippen LogP contribution in [0.1, 0.15) is 11.1 Å². The molecule has 0 aliphatic heterocycles. The van der Waals surface area contributed by atoms with Gasteiger partial charge in [-0.15, -0.1) is 0 Å². The summed E-state index contributed by atoms with van der Waals surface area (Å²) < 4.78 is 48.7. The average Bonchev–Trinajstić information content (AvgIpc) is 2.36. The zero-order valence-electron chi connectivity index (χ0n) is 10.8. The lowest BCUT2D eigenvalue weighted by Gasteiger charge is -2.19. The molecule has 20 heavy (non-hydrogen) atoms. The van der Waals surface area contributed by atoms with E-state index in [0.29, 0.717) is 0 Å². The fourth-order valence-corrected chi connectivity index (χ4v) is 1.77. The number of ether oxygens (including phenoxy) is 2. The molecule has 0 fully saturated rings. The molecule has 0 saturated heterocycles. The number of hydrogen-bond donors (Lipinski definition) is 2. The minimum atomic E-state index is -4.65. The molecule has 1 rings (SSSR count). The number of rotatable bonds is 5. The molecule has 8 heteroatoms. The van der Waals surface area contributed by atoms with Gasteiger partial charge in [-0.3, -0.25) is 4.79 Å². The van der Waals surface area contributed by atoms with Crippen LogP contribution in [0.4, 0.5) is 13.2 Å². The van der Waals surface area contributed by atoms with E-state index in [0.717, 1.165) is 12.1 Å². The van der Waals surface area contributed by atoms with Gasteiger partial charge in [0.2, 0.25) is 0 Å². The van der Waals surface area contributed by atoms with Gasteiger partial charge in [0.15, 0.2) is 11.5 Å². The fourth-order valence-electron chi connectivity index (χ4n) is 1.77. The third-order valence-electron chi connectivity index (χ3n) is 2.70. The third-order valence-corrected chi connectivity index (χ3v) is 2.70. The van der Waals surface area contributed by atoms with Crippen LogP contribution in [0, 0.1) is 0 Å². The minimum absolute atomic E-state index is 0.0769. The van der Waals surface area contributed by atoms with Crippen molar-refractivity contribution in [2.45, 2.75) is 18.6 Å². The van der Waals surface area contributed by atoms with Crippen molar-refractivity contribution in [2.24, 2.45) is 5.73 Å². The summed E-state index contributed by atoms with van der Waals surface area (Å²) in [5.41, 5.74) is 3.98. The van der Waals surface area contributed by atoms with Crippen molar-refractivity contribution in [1.82, 2.24) is 0 Å². The summed E-state index contributed by atoms with van der Waals surface area (Å²) >= 11 is 0. The van der Waals surface area contributed by atoms with Crippen molar-refractivity contribution in [1.29, 1.82) is 0 Å². The first kappa shape index (κ1) is 16.1. The summed E-state index contributed by atoms with van der Waals surface area (Å²) in [7, 11) is 2.44. The van der Waals surface area contributed by atoms with Crippen LogP contribution < -0.4 is 15.2 Å². The van der Waals surface area contributed by atoms with E-state index in [9.17, 15) is 18.0 Å². The Bertz CT molecular complexity index is 502. The van der Waals surface area contributed by atoms with Crippen molar-refractivity contribution < 1.29 is 32.5 Å². The molecule has 1 unspecified atom stereocenters. The molecule has 1 atom stereocenters. The Balaban J connectivity index is 3.43. The second-order valence-electron chi connectivity index (χ2n) is 3.97. The van der Waals surface area contributed by atoms with E-state index >= 15 is 0 Å². The van der Waals surface area contributed by atoms with Crippen molar-refractivity contribution in [2.75, 3.05) is 14.2 Å². The summed E-state index contributed by atoms with van der Waals surface area (Å²) in [4.78, 5) is 10.7. The van der Waals surface area contributed by atoms with Gasteiger partial charge in [0, 0.05) is 12.0 Å². The van der Waals surface area contributed by atoms with Gasteiger partial charge in [-0.25, -0.2) is 0 Å². The summed E-state index contributed by atoms with van der Waals surface area (Å²) in [5, 5.41) is 8.75. The molecule has 0 aromatic heterocycles. The normalized spacial score (nSPS) is 12.9. The van der Waals surface area contributed by atoms with Gasteiger partial charge < -0.3 is 20.3 Å². The second kappa shape index (κ2) is 6.00. The molecule has 0 aliphatic rings. The van der Waals surface area contributed by atoms with Crippen LogP contribution in [-0.4, -0.2) is 31.3 Å². The maximum absolute atomic E-state index is 13.0. The van der Waals surface area contributed by atoms with Gasteiger partial charge in [-0.05, 0) is 12.1 Å². The molecule has 0 radical (unpaired) electrons. The van der Waals surface area contributed by atoms with Gasteiger partial charge in [0.05, 0.1) is 19.8 Å². The van der Waals surface area contributed by atoms with Crippen LogP contribution in [0.2, 0.25) is 0 Å². The van der Waals surface area contributed by atoms with Gasteiger partial charge in [-0.1, -0.05) is 0 Å². The van der Waals surface area contributed by atoms with Gasteiger partial charge in [-0.2, -0.15) is 13.2 Å². The highest BCUT2D eigenvalue weighted by Gasteiger charge is 2.36. The summed E-state index contributed by atoms with van der Waals surface area (Å²) in [5.74, 6) is -1.49. The summed E-state index contributed by atoms with van der Waals surface area (Å²) in [6.45, 7) is 0. The molecule has 0 bridgehead atoms. The highest BCUT2D eigenvalue weighted by molar-refractivity contribution is 5.74. The van der Waals surface area contributed by atoms with Crippen LogP contribution in [-0.2, 0) is 17.4 Å². The number of hydrogen-bond acceptors (Lipinski definition) is 4. The van der Waals surface area contributed by atoms with Crippen LogP contribution in [0.3, 0.4) is 0 Å². The fraction of sp³-hybridized carbons (Fsp3) is 0.417. The Morgan fingerprint density at radius 3 is 2.35 bits per heavy atom. The van der Waals surface area contributed by atoms with E-state index in [-0.39, 0.29) is 17.1 Å². The third kappa shape index (κ3) is 3.32. The quantitative estimate of drug-likeness (QED) is 0.863. The highest BCUT2D eigenvalue weighted by Crippen LogP contribution is 2.41. The van der Waals surface area contributed by atoms with Crippen LogP contribution in [0.15, 0.2) is 12.1 Å². The Labute approximate surface area is 113 Å². The molecule has 0 spiro atoms. The van der Waals surface area contributed by atoms with E-state index in [4.69, 9.17) is 20.3 Å². The second-order valence-corrected chi connectivity index (χ2v) is 3.97. The van der Waals surface area contributed by atoms with E-state index < -0.39 is 30.2 Å². The molecular formula is C12H14F3NO4. The van der Waals surface area contributed by atoms with E-state index in [2.05, 4.69) is 0 Å². The number of carboxylic acid groups (broad SMARTS) is 1. The summed E-state index contributed by atoms with van der Waals surface area (Å²) in [6.07, 6.45) is -5.17.